The summed E-state index contributed by atoms with van der Waals surface area (Å²) in [5.41, 5.74) is 4.76. The molecule has 0 unspecified atom stereocenters. The Morgan fingerprint density at radius 3 is 2.59 bits per heavy atom. The Labute approximate surface area is 113 Å². The maximum atomic E-state index is 3.46. The number of nitrogens with zero attached hydrogens (tertiary/aromatic N) is 1. The van der Waals surface area contributed by atoms with Crippen molar-refractivity contribution < 1.29 is 0 Å². The number of rotatable bonds is 2. The molecule has 2 aliphatic heterocycles. The molecule has 17 heavy (non-hydrogen) atoms. The zero-order chi connectivity index (χ0) is 10.8. The molecule has 2 aliphatic rings. The predicted molar refractivity (Wildman–Crippen MR) is 76.6 cm³/mol. The molecule has 0 bridgehead atoms. The lowest BCUT2D eigenvalue weighted by atomic mass is 10.1. The fourth-order valence-corrected chi connectivity index (χ4v) is 2.69. The van der Waals surface area contributed by atoms with Gasteiger partial charge >= 0.3 is 0 Å². The van der Waals surface area contributed by atoms with Gasteiger partial charge in [-0.1, -0.05) is 35.9 Å². The predicted octanol–water partition coefficient (Wildman–Crippen LogP) is 2.37. The largest absolute Gasteiger partial charge is 0.313 e. The van der Waals surface area contributed by atoms with Crippen LogP contribution in [0.1, 0.15) is 12.0 Å². The third kappa shape index (κ3) is 2.97. The van der Waals surface area contributed by atoms with Gasteiger partial charge in [0.1, 0.15) is 0 Å². The van der Waals surface area contributed by atoms with Gasteiger partial charge < -0.3 is 5.32 Å². The molecule has 92 valence electrons. The van der Waals surface area contributed by atoms with Crippen molar-refractivity contribution in [2.45, 2.75) is 13.0 Å². The zero-order valence-electron chi connectivity index (χ0n) is 9.98. The third-order valence-corrected chi connectivity index (χ3v) is 3.52. The van der Waals surface area contributed by atoms with Crippen molar-refractivity contribution in [3.63, 3.8) is 0 Å². The first-order chi connectivity index (χ1) is 7.92. The minimum atomic E-state index is 0. The van der Waals surface area contributed by atoms with Crippen molar-refractivity contribution in [1.29, 1.82) is 0 Å². The van der Waals surface area contributed by atoms with Gasteiger partial charge in [-0.15, -0.1) is 17.0 Å². The van der Waals surface area contributed by atoms with E-state index in [1.54, 1.807) is 11.1 Å². The Morgan fingerprint density at radius 1 is 1.06 bits per heavy atom. The Balaban J connectivity index is 0.00000108. The van der Waals surface area contributed by atoms with Crippen molar-refractivity contribution in [3.8, 4) is 0 Å². The second-order valence-electron chi connectivity index (χ2n) is 4.76. The molecule has 0 amide bonds. The second kappa shape index (κ2) is 5.80. The van der Waals surface area contributed by atoms with Crippen LogP contribution in [-0.2, 0) is 6.54 Å². The molecule has 2 heterocycles. The summed E-state index contributed by atoms with van der Waals surface area (Å²) < 4.78 is 0. The molecule has 0 fully saturated rings. The minimum Gasteiger partial charge on any atom is -0.313 e. The third-order valence-electron chi connectivity index (χ3n) is 3.52. The van der Waals surface area contributed by atoms with E-state index in [4.69, 9.17) is 0 Å². The highest BCUT2D eigenvalue weighted by atomic mass is 79.9. The molecule has 3 heteroatoms. The molecule has 0 aromatic heterocycles. The van der Waals surface area contributed by atoms with E-state index in [0.29, 0.717) is 0 Å². The Kier molecular flexibility index (Phi) is 4.37. The van der Waals surface area contributed by atoms with Crippen LogP contribution in [0.15, 0.2) is 41.5 Å². The van der Waals surface area contributed by atoms with E-state index in [0.717, 1.165) is 26.2 Å². The van der Waals surface area contributed by atoms with Gasteiger partial charge in [-0.25, -0.2) is 0 Å². The van der Waals surface area contributed by atoms with Crippen LogP contribution in [-0.4, -0.2) is 31.1 Å². The van der Waals surface area contributed by atoms with Gasteiger partial charge in [0, 0.05) is 26.2 Å². The molecule has 1 aromatic rings. The van der Waals surface area contributed by atoms with Crippen molar-refractivity contribution in [2.24, 2.45) is 0 Å². The van der Waals surface area contributed by atoms with E-state index >= 15 is 0 Å². The van der Waals surface area contributed by atoms with Gasteiger partial charge in [0.15, 0.2) is 0 Å². The highest BCUT2D eigenvalue weighted by Gasteiger charge is 2.23. The van der Waals surface area contributed by atoms with Gasteiger partial charge in [0.05, 0.1) is 0 Å². The second-order valence-corrected chi connectivity index (χ2v) is 4.76. The van der Waals surface area contributed by atoms with Crippen molar-refractivity contribution in [2.75, 3.05) is 26.2 Å². The SMILES string of the molecule is Br.c1ccc(CN2CC3=C(CNCC3)C2)cc1. The van der Waals surface area contributed by atoms with Crippen LogP contribution >= 0.6 is 17.0 Å². The van der Waals surface area contributed by atoms with Crippen molar-refractivity contribution in [3.05, 3.63) is 47.0 Å². The molecule has 0 atom stereocenters. The number of hydrogen-bond donors (Lipinski definition) is 1. The van der Waals surface area contributed by atoms with E-state index in [1.165, 1.54) is 18.5 Å². The van der Waals surface area contributed by atoms with Crippen LogP contribution < -0.4 is 5.32 Å². The fourth-order valence-electron chi connectivity index (χ4n) is 2.69. The lowest BCUT2D eigenvalue weighted by Crippen LogP contribution is -2.25. The summed E-state index contributed by atoms with van der Waals surface area (Å²) in [6, 6.07) is 10.8. The molecule has 0 saturated carbocycles. The molecule has 1 aromatic carbocycles. The molecule has 0 radical (unpaired) electrons. The fraction of sp³-hybridized carbons (Fsp3) is 0.429. The van der Waals surface area contributed by atoms with Crippen LogP contribution in [0.3, 0.4) is 0 Å². The van der Waals surface area contributed by atoms with Crippen LogP contribution in [0.5, 0.6) is 0 Å². The first kappa shape index (κ1) is 12.8. The van der Waals surface area contributed by atoms with Gasteiger partial charge in [-0.3, -0.25) is 4.90 Å². The topological polar surface area (TPSA) is 15.3 Å². The summed E-state index contributed by atoms with van der Waals surface area (Å²) in [6.07, 6.45) is 1.25. The number of halogens is 1. The first-order valence-electron chi connectivity index (χ1n) is 6.08. The standard InChI is InChI=1S/C14H18N2.BrH/c1-2-4-12(5-3-1)9-16-10-13-6-7-15-8-14(13)11-16;/h1-5,15H,6-11H2;1H. The summed E-state index contributed by atoms with van der Waals surface area (Å²) in [6.45, 7) is 5.72. The summed E-state index contributed by atoms with van der Waals surface area (Å²) in [5, 5.41) is 3.46. The van der Waals surface area contributed by atoms with Crippen molar-refractivity contribution in [1.82, 2.24) is 10.2 Å². The van der Waals surface area contributed by atoms with Crippen LogP contribution in [0.25, 0.3) is 0 Å². The minimum absolute atomic E-state index is 0. The Morgan fingerprint density at radius 2 is 1.82 bits per heavy atom. The summed E-state index contributed by atoms with van der Waals surface area (Å²) >= 11 is 0. The zero-order valence-corrected chi connectivity index (χ0v) is 11.7. The molecule has 2 nitrogen and oxygen atoms in total. The van der Waals surface area contributed by atoms with Gasteiger partial charge in [0.25, 0.3) is 0 Å². The van der Waals surface area contributed by atoms with Crippen molar-refractivity contribution >= 4 is 17.0 Å². The Hall–Kier alpha value is -0.640. The monoisotopic (exact) mass is 294 g/mol. The molecule has 0 aliphatic carbocycles. The smallest absolute Gasteiger partial charge is 0.0240 e. The number of benzene rings is 1. The van der Waals surface area contributed by atoms with E-state index in [1.807, 2.05) is 0 Å². The van der Waals surface area contributed by atoms with Gasteiger partial charge in [-0.05, 0) is 24.1 Å². The molecular formula is C14H19BrN2. The molecule has 3 rings (SSSR count). The molecule has 0 spiro atoms. The van der Waals surface area contributed by atoms with Gasteiger partial charge in [-0.2, -0.15) is 0 Å². The maximum absolute atomic E-state index is 3.46. The normalized spacial score (nSPS) is 20.0. The summed E-state index contributed by atoms with van der Waals surface area (Å²) in [7, 11) is 0. The van der Waals surface area contributed by atoms with Crippen LogP contribution in [0, 0.1) is 0 Å². The van der Waals surface area contributed by atoms with Crippen LogP contribution in [0.2, 0.25) is 0 Å². The molecule has 0 saturated heterocycles. The van der Waals surface area contributed by atoms with E-state index in [-0.39, 0.29) is 17.0 Å². The van der Waals surface area contributed by atoms with E-state index in [2.05, 4.69) is 40.5 Å². The quantitative estimate of drug-likeness (QED) is 0.843. The molecule has 1 N–H and O–H groups in total. The average molecular weight is 295 g/mol. The number of nitrogens with one attached hydrogen (secondary N) is 1. The highest BCUT2D eigenvalue weighted by Crippen LogP contribution is 2.23. The summed E-state index contributed by atoms with van der Waals surface area (Å²) in [4.78, 5) is 2.55. The van der Waals surface area contributed by atoms with E-state index in [9.17, 15) is 0 Å². The number of hydrogen-bond acceptors (Lipinski definition) is 2. The average Bonchev–Trinajstić information content (AvgIpc) is 2.72. The summed E-state index contributed by atoms with van der Waals surface area (Å²) in [5.74, 6) is 0. The first-order valence-corrected chi connectivity index (χ1v) is 6.08. The van der Waals surface area contributed by atoms with Gasteiger partial charge in [0.2, 0.25) is 0 Å². The van der Waals surface area contributed by atoms with E-state index < -0.39 is 0 Å². The van der Waals surface area contributed by atoms with Crippen LogP contribution in [0.4, 0.5) is 0 Å². The lowest BCUT2D eigenvalue weighted by Gasteiger charge is -2.15. The molecular weight excluding hydrogens is 276 g/mol. The highest BCUT2D eigenvalue weighted by molar-refractivity contribution is 8.93. The lowest BCUT2D eigenvalue weighted by molar-refractivity contribution is 0.336. The Bertz CT molecular complexity index is 382. The maximum Gasteiger partial charge on any atom is 0.0240 e.